The number of esters is 1. The molecule has 2 atom stereocenters. The van der Waals surface area contributed by atoms with Crippen LogP contribution in [-0.4, -0.2) is 35.9 Å². The van der Waals surface area contributed by atoms with Crippen molar-refractivity contribution in [1.82, 2.24) is 4.90 Å². The Hall–Kier alpha value is -2.82. The van der Waals surface area contributed by atoms with Crippen LogP contribution in [0, 0.1) is 5.92 Å². The SMILES string of the molecule is C=C/C=C\C=C1/CN=C(c2ccc(N)cc2)N1CC(=O)OC1CCCC(C)C1.CCC. The van der Waals surface area contributed by atoms with E-state index in [0.717, 1.165) is 36.4 Å². The number of hydrogen-bond acceptors (Lipinski definition) is 5. The number of carbonyl (C=O) groups is 1. The van der Waals surface area contributed by atoms with Crippen LogP contribution in [0.15, 0.2) is 65.8 Å². The molecule has 0 saturated heterocycles. The van der Waals surface area contributed by atoms with Crippen LogP contribution in [0.1, 0.15) is 58.4 Å². The molecule has 2 N–H and O–H groups in total. The van der Waals surface area contributed by atoms with E-state index in [0.29, 0.717) is 18.2 Å². The molecule has 0 radical (unpaired) electrons. The Bertz CT molecular complexity index is 808. The van der Waals surface area contributed by atoms with Crippen molar-refractivity contribution in [2.24, 2.45) is 10.9 Å². The Labute approximate surface area is 187 Å². The van der Waals surface area contributed by atoms with Crippen molar-refractivity contribution in [3.8, 4) is 0 Å². The largest absolute Gasteiger partial charge is 0.461 e. The lowest BCUT2D eigenvalue weighted by atomic mass is 9.89. The summed E-state index contributed by atoms with van der Waals surface area (Å²) in [7, 11) is 0. The third-order valence-corrected chi connectivity index (χ3v) is 5.17. The zero-order valence-corrected chi connectivity index (χ0v) is 19.2. The number of benzene rings is 1. The van der Waals surface area contributed by atoms with Crippen LogP contribution in [0.25, 0.3) is 0 Å². The van der Waals surface area contributed by atoms with Gasteiger partial charge in [0, 0.05) is 16.9 Å². The molecule has 1 heterocycles. The highest BCUT2D eigenvalue weighted by atomic mass is 16.5. The molecule has 0 bridgehead atoms. The zero-order chi connectivity index (χ0) is 22.6. The number of amidine groups is 1. The minimum Gasteiger partial charge on any atom is -0.461 e. The Morgan fingerprint density at radius 3 is 2.61 bits per heavy atom. The van der Waals surface area contributed by atoms with Crippen molar-refractivity contribution in [1.29, 1.82) is 0 Å². The Morgan fingerprint density at radius 1 is 1.26 bits per heavy atom. The summed E-state index contributed by atoms with van der Waals surface area (Å²) >= 11 is 0. The summed E-state index contributed by atoms with van der Waals surface area (Å²) in [4.78, 5) is 19.3. The molecular formula is C26H37N3O2. The smallest absolute Gasteiger partial charge is 0.326 e. The van der Waals surface area contributed by atoms with Crippen LogP contribution in [-0.2, 0) is 9.53 Å². The molecule has 168 valence electrons. The minimum atomic E-state index is -0.206. The molecule has 2 unspecified atom stereocenters. The van der Waals surface area contributed by atoms with E-state index in [1.807, 2.05) is 47.4 Å². The number of allylic oxidation sites excluding steroid dienone is 4. The molecule has 0 aromatic heterocycles. The van der Waals surface area contributed by atoms with E-state index in [2.05, 4.69) is 32.3 Å². The van der Waals surface area contributed by atoms with E-state index >= 15 is 0 Å². The molecule has 3 rings (SSSR count). The molecule has 0 spiro atoms. The Morgan fingerprint density at radius 2 is 1.97 bits per heavy atom. The van der Waals surface area contributed by atoms with Crippen molar-refractivity contribution in [2.45, 2.75) is 59.0 Å². The van der Waals surface area contributed by atoms with Gasteiger partial charge in [0.2, 0.25) is 0 Å². The van der Waals surface area contributed by atoms with Gasteiger partial charge in [-0.1, -0.05) is 58.4 Å². The summed E-state index contributed by atoms with van der Waals surface area (Å²) in [6, 6.07) is 7.55. The van der Waals surface area contributed by atoms with Crippen LogP contribution < -0.4 is 5.73 Å². The summed E-state index contributed by atoms with van der Waals surface area (Å²) in [5, 5.41) is 0. The van der Waals surface area contributed by atoms with Crippen molar-refractivity contribution in [2.75, 3.05) is 18.8 Å². The van der Waals surface area contributed by atoms with Crippen molar-refractivity contribution in [3.05, 3.63) is 66.4 Å². The van der Waals surface area contributed by atoms with E-state index < -0.39 is 0 Å². The summed E-state index contributed by atoms with van der Waals surface area (Å²) in [5.74, 6) is 1.18. The summed E-state index contributed by atoms with van der Waals surface area (Å²) in [6.45, 7) is 10.8. The van der Waals surface area contributed by atoms with Gasteiger partial charge in [0.25, 0.3) is 0 Å². The number of nitrogens with two attached hydrogens (primary N) is 1. The molecule has 1 saturated carbocycles. The van der Waals surface area contributed by atoms with Gasteiger partial charge < -0.3 is 15.4 Å². The van der Waals surface area contributed by atoms with Crippen molar-refractivity contribution >= 4 is 17.5 Å². The molecular weight excluding hydrogens is 386 g/mol. The van der Waals surface area contributed by atoms with Crippen molar-refractivity contribution < 1.29 is 9.53 Å². The predicted octanol–water partition coefficient (Wildman–Crippen LogP) is 5.50. The van der Waals surface area contributed by atoms with Gasteiger partial charge in [-0.05, 0) is 55.5 Å². The standard InChI is InChI=1S/C23H29N3O2.C3H8/c1-3-4-5-8-20-15-25-23(18-10-12-19(24)13-11-18)26(20)16-22(27)28-21-9-6-7-17(2)14-21;1-3-2/h3-5,8,10-13,17,21H,1,6-7,9,14-16,24H2,2H3;3H2,1-2H3/b5-4-,20-8+;. The second kappa shape index (κ2) is 12.8. The first-order valence-corrected chi connectivity index (χ1v) is 11.3. The van der Waals surface area contributed by atoms with Gasteiger partial charge in [-0.15, -0.1) is 0 Å². The van der Waals surface area contributed by atoms with Gasteiger partial charge in [-0.2, -0.15) is 0 Å². The fourth-order valence-corrected chi connectivity index (χ4v) is 3.74. The topological polar surface area (TPSA) is 67.9 Å². The fourth-order valence-electron chi connectivity index (χ4n) is 3.74. The number of rotatable bonds is 6. The van der Waals surface area contributed by atoms with E-state index in [1.165, 1.54) is 12.8 Å². The Balaban J connectivity index is 0.00000107. The van der Waals surface area contributed by atoms with Gasteiger partial charge in [-0.25, -0.2) is 0 Å². The van der Waals surface area contributed by atoms with Crippen LogP contribution >= 0.6 is 0 Å². The lowest BCUT2D eigenvalue weighted by Gasteiger charge is -2.28. The first-order chi connectivity index (χ1) is 15.0. The molecule has 0 amide bonds. The van der Waals surface area contributed by atoms with Crippen LogP contribution in [0.3, 0.4) is 0 Å². The van der Waals surface area contributed by atoms with Gasteiger partial charge in [0.1, 0.15) is 18.5 Å². The second-order valence-electron chi connectivity index (χ2n) is 8.22. The number of hydrogen-bond donors (Lipinski definition) is 1. The number of aliphatic imine (C=N–C) groups is 1. The maximum atomic E-state index is 12.7. The quantitative estimate of drug-likeness (QED) is 0.373. The average Bonchev–Trinajstić information content (AvgIpc) is 3.12. The van der Waals surface area contributed by atoms with Gasteiger partial charge in [0.15, 0.2) is 0 Å². The lowest BCUT2D eigenvalue weighted by molar-refractivity contribution is -0.151. The second-order valence-corrected chi connectivity index (χ2v) is 8.22. The Kier molecular flexibility index (Phi) is 10.1. The molecule has 1 aliphatic heterocycles. The van der Waals surface area contributed by atoms with Crippen molar-refractivity contribution in [3.63, 3.8) is 0 Å². The molecule has 5 heteroatoms. The number of ether oxygens (including phenoxy) is 1. The number of anilines is 1. The summed E-state index contributed by atoms with van der Waals surface area (Å²) < 4.78 is 5.78. The van der Waals surface area contributed by atoms with E-state index in [-0.39, 0.29) is 18.6 Å². The minimum absolute atomic E-state index is 0.0313. The zero-order valence-electron chi connectivity index (χ0n) is 19.2. The molecule has 2 aliphatic rings. The number of nitrogens with zero attached hydrogens (tertiary/aromatic N) is 2. The first-order valence-electron chi connectivity index (χ1n) is 11.3. The summed E-state index contributed by atoms with van der Waals surface area (Å²) in [5.41, 5.74) is 8.40. The third kappa shape index (κ3) is 7.74. The van der Waals surface area contributed by atoms with E-state index in [1.54, 1.807) is 6.08 Å². The van der Waals surface area contributed by atoms with Crippen LogP contribution in [0.5, 0.6) is 0 Å². The molecule has 1 fully saturated rings. The number of carbonyl (C=O) groups excluding carboxylic acids is 1. The van der Waals surface area contributed by atoms with Gasteiger partial charge in [-0.3, -0.25) is 9.79 Å². The lowest BCUT2D eigenvalue weighted by Crippen LogP contribution is -2.35. The number of nitrogen functional groups attached to an aromatic ring is 1. The molecule has 31 heavy (non-hydrogen) atoms. The summed E-state index contributed by atoms with van der Waals surface area (Å²) in [6.07, 6.45) is 13.0. The maximum Gasteiger partial charge on any atom is 0.326 e. The highest BCUT2D eigenvalue weighted by molar-refractivity contribution is 6.03. The predicted molar refractivity (Wildman–Crippen MR) is 130 cm³/mol. The van der Waals surface area contributed by atoms with Crippen LogP contribution in [0.4, 0.5) is 5.69 Å². The average molecular weight is 424 g/mol. The monoisotopic (exact) mass is 423 g/mol. The van der Waals surface area contributed by atoms with E-state index in [4.69, 9.17) is 10.5 Å². The van der Waals surface area contributed by atoms with Gasteiger partial charge >= 0.3 is 5.97 Å². The normalized spacial score (nSPS) is 22.1. The van der Waals surface area contributed by atoms with Gasteiger partial charge in [0.05, 0.1) is 6.54 Å². The highest BCUT2D eigenvalue weighted by Crippen LogP contribution is 2.26. The molecule has 5 nitrogen and oxygen atoms in total. The fraction of sp³-hybridized carbons (Fsp3) is 0.462. The molecule has 1 aromatic rings. The molecule has 1 aromatic carbocycles. The maximum absolute atomic E-state index is 12.7. The first kappa shape index (κ1) is 24.4. The third-order valence-electron chi connectivity index (χ3n) is 5.17. The highest BCUT2D eigenvalue weighted by Gasteiger charge is 2.28. The van der Waals surface area contributed by atoms with Crippen LogP contribution in [0.2, 0.25) is 0 Å². The van der Waals surface area contributed by atoms with E-state index in [9.17, 15) is 4.79 Å². The molecule has 1 aliphatic carbocycles.